The van der Waals surface area contributed by atoms with Gasteiger partial charge < -0.3 is 21.1 Å². The van der Waals surface area contributed by atoms with E-state index in [1.165, 1.54) is 0 Å². The number of piperidine rings is 1. The summed E-state index contributed by atoms with van der Waals surface area (Å²) in [6.07, 6.45) is 1.20. The molecule has 1 fully saturated rings. The lowest BCUT2D eigenvalue weighted by molar-refractivity contribution is -0.486. The van der Waals surface area contributed by atoms with Gasteiger partial charge in [-0.05, 0) is 19.8 Å². The third-order valence-electron chi connectivity index (χ3n) is 2.43. The molecule has 100 valence electrons. The average molecular weight is 268 g/mol. The van der Waals surface area contributed by atoms with E-state index < -0.39 is 11.3 Å². The van der Waals surface area contributed by atoms with Crippen molar-refractivity contribution in [1.82, 2.24) is 4.90 Å². The number of likely N-dealkylation sites (tertiary alicyclic amines) is 1. The van der Waals surface area contributed by atoms with Crippen molar-refractivity contribution in [2.24, 2.45) is 16.6 Å². The Morgan fingerprint density at radius 3 is 2.88 bits per heavy atom. The second kappa shape index (κ2) is 7.25. The monoisotopic (exact) mass is 267 g/mol. The Kier molecular flexibility index (Phi) is 6.78. The molecular weight excluding hydrogens is 250 g/mol. The van der Waals surface area contributed by atoms with Crippen molar-refractivity contribution < 1.29 is 9.77 Å². The maximum atomic E-state index is 10.2. The van der Waals surface area contributed by atoms with Crippen LogP contribution in [0.5, 0.6) is 0 Å². The zero-order valence-electron chi connectivity index (χ0n) is 9.61. The minimum Gasteiger partial charge on any atom is -0.364 e. The number of rotatable bonds is 3. The zero-order chi connectivity index (χ0) is 12.1. The van der Waals surface area contributed by atoms with Gasteiger partial charge in [0.1, 0.15) is 11.3 Å². The quantitative estimate of drug-likeness (QED) is 0.313. The molecule has 2 atom stereocenters. The zero-order valence-corrected chi connectivity index (χ0v) is 10.4. The van der Waals surface area contributed by atoms with Crippen LogP contribution < -0.4 is 11.5 Å². The number of hydrogen-bond donors (Lipinski definition) is 2. The summed E-state index contributed by atoms with van der Waals surface area (Å²) in [7, 11) is 0. The maximum absolute atomic E-state index is 10.2. The van der Waals surface area contributed by atoms with E-state index in [0.29, 0.717) is 13.2 Å². The lowest BCUT2D eigenvalue weighted by Crippen LogP contribution is -2.57. The molecule has 9 heteroatoms. The highest BCUT2D eigenvalue weighted by Crippen LogP contribution is 2.16. The fraction of sp³-hybridized carbons (Fsp3) is 0.875. The summed E-state index contributed by atoms with van der Waals surface area (Å²) in [5.74, 6) is -0.154. The van der Waals surface area contributed by atoms with Crippen molar-refractivity contribution in [2.45, 2.75) is 32.0 Å². The second-order valence-electron chi connectivity index (χ2n) is 3.54. The molecule has 1 aliphatic rings. The smallest absolute Gasteiger partial charge is 0.270 e. The number of guanidine groups is 1. The van der Waals surface area contributed by atoms with E-state index in [-0.39, 0.29) is 24.4 Å². The summed E-state index contributed by atoms with van der Waals surface area (Å²) >= 11 is 0. The molecule has 0 spiro atoms. The molecule has 0 amide bonds. The van der Waals surface area contributed by atoms with Gasteiger partial charge in [0, 0.05) is 19.2 Å². The van der Waals surface area contributed by atoms with Crippen molar-refractivity contribution in [2.75, 3.05) is 13.2 Å². The number of halogens is 1. The average Bonchev–Trinajstić information content (AvgIpc) is 2.20. The predicted octanol–water partition coefficient (Wildman–Crippen LogP) is -0.300. The van der Waals surface area contributed by atoms with Crippen LogP contribution in [0.1, 0.15) is 19.8 Å². The number of nitrogens with two attached hydrogens (primary N) is 2. The Hall–Kier alpha value is -1.12. The minimum absolute atomic E-state index is 0. The Balaban J connectivity index is 0.00000256. The van der Waals surface area contributed by atoms with Crippen LogP contribution in [0.15, 0.2) is 5.10 Å². The van der Waals surface area contributed by atoms with Crippen LogP contribution in [0, 0.1) is 10.1 Å². The standard InChI is InChI=1S/C8H17N5O3.ClH/c1-2-16-7-6(9)4-3-5-12(7)8(10)11-13(14)15;/h6-7H,2-5,9H2,1H3,(H2,10,11);1H. The summed E-state index contributed by atoms with van der Waals surface area (Å²) in [6, 6.07) is -0.200. The van der Waals surface area contributed by atoms with Crippen molar-refractivity contribution in [1.29, 1.82) is 0 Å². The fourth-order valence-corrected chi connectivity index (χ4v) is 1.77. The largest absolute Gasteiger partial charge is 0.364 e. The third kappa shape index (κ3) is 4.33. The molecule has 0 aromatic rings. The Labute approximate surface area is 106 Å². The van der Waals surface area contributed by atoms with Crippen LogP contribution in [0.2, 0.25) is 0 Å². The van der Waals surface area contributed by atoms with Crippen molar-refractivity contribution in [3.05, 3.63) is 10.1 Å². The van der Waals surface area contributed by atoms with Gasteiger partial charge in [-0.3, -0.25) is 0 Å². The van der Waals surface area contributed by atoms with Crippen LogP contribution in [0.4, 0.5) is 0 Å². The van der Waals surface area contributed by atoms with Gasteiger partial charge in [0.2, 0.25) is 0 Å². The molecular formula is C8H18ClN5O3. The molecule has 0 aromatic carbocycles. The molecule has 1 heterocycles. The highest BCUT2D eigenvalue weighted by Gasteiger charge is 2.31. The molecule has 0 radical (unpaired) electrons. The van der Waals surface area contributed by atoms with Gasteiger partial charge in [-0.15, -0.1) is 12.4 Å². The third-order valence-corrected chi connectivity index (χ3v) is 2.43. The van der Waals surface area contributed by atoms with Gasteiger partial charge in [-0.1, -0.05) is 0 Å². The van der Waals surface area contributed by atoms with E-state index in [1.807, 2.05) is 6.92 Å². The maximum Gasteiger partial charge on any atom is 0.270 e. The first kappa shape index (κ1) is 15.9. The molecule has 1 saturated heterocycles. The van der Waals surface area contributed by atoms with E-state index in [1.54, 1.807) is 4.90 Å². The molecule has 17 heavy (non-hydrogen) atoms. The Morgan fingerprint density at radius 1 is 1.71 bits per heavy atom. The Bertz CT molecular complexity index is 288. The van der Waals surface area contributed by atoms with Gasteiger partial charge in [-0.25, -0.2) is 10.1 Å². The van der Waals surface area contributed by atoms with Crippen LogP contribution in [0.25, 0.3) is 0 Å². The fourth-order valence-electron chi connectivity index (χ4n) is 1.77. The first-order chi connectivity index (χ1) is 7.56. The summed E-state index contributed by atoms with van der Waals surface area (Å²) in [6.45, 7) is 2.88. The second-order valence-corrected chi connectivity index (χ2v) is 3.54. The topological polar surface area (TPSA) is 120 Å². The lowest BCUT2D eigenvalue weighted by atomic mass is 10.1. The molecule has 1 rings (SSSR count). The number of hydrazone groups is 1. The first-order valence-corrected chi connectivity index (χ1v) is 5.18. The minimum atomic E-state index is -0.821. The van der Waals surface area contributed by atoms with E-state index in [9.17, 15) is 10.1 Å². The van der Waals surface area contributed by atoms with Crippen LogP contribution in [0.3, 0.4) is 0 Å². The summed E-state index contributed by atoms with van der Waals surface area (Å²) in [5.41, 5.74) is 11.4. The number of ether oxygens (including phenoxy) is 1. The van der Waals surface area contributed by atoms with E-state index in [4.69, 9.17) is 16.2 Å². The van der Waals surface area contributed by atoms with Crippen LogP contribution >= 0.6 is 12.4 Å². The van der Waals surface area contributed by atoms with E-state index >= 15 is 0 Å². The Morgan fingerprint density at radius 2 is 2.35 bits per heavy atom. The first-order valence-electron chi connectivity index (χ1n) is 5.18. The number of nitro groups is 1. The van der Waals surface area contributed by atoms with Crippen LogP contribution in [-0.2, 0) is 4.74 Å². The molecule has 0 aromatic heterocycles. The molecule has 2 unspecified atom stereocenters. The summed E-state index contributed by atoms with van der Waals surface area (Å²) in [4.78, 5) is 11.8. The summed E-state index contributed by atoms with van der Waals surface area (Å²) in [5, 5.41) is 12.5. The van der Waals surface area contributed by atoms with Gasteiger partial charge in [0.15, 0.2) is 5.03 Å². The molecule has 1 aliphatic heterocycles. The van der Waals surface area contributed by atoms with Crippen molar-refractivity contribution >= 4 is 18.4 Å². The SMILES string of the molecule is CCOC1C(N)CCCN1C(N)=N[N+](=O)[O-].Cl. The molecule has 0 saturated carbocycles. The normalized spacial score (nSPS) is 25.3. The molecule has 0 bridgehead atoms. The number of hydrogen-bond acceptors (Lipinski definition) is 4. The molecule has 0 aliphatic carbocycles. The lowest BCUT2D eigenvalue weighted by Gasteiger charge is -2.38. The summed E-state index contributed by atoms with van der Waals surface area (Å²) < 4.78 is 5.43. The van der Waals surface area contributed by atoms with Crippen molar-refractivity contribution in [3.63, 3.8) is 0 Å². The highest BCUT2D eigenvalue weighted by atomic mass is 35.5. The number of nitrogens with zero attached hydrogens (tertiary/aromatic N) is 3. The van der Waals surface area contributed by atoms with Crippen molar-refractivity contribution in [3.8, 4) is 0 Å². The predicted molar refractivity (Wildman–Crippen MR) is 65.2 cm³/mol. The molecule has 8 nitrogen and oxygen atoms in total. The molecule has 4 N–H and O–H groups in total. The van der Waals surface area contributed by atoms with Gasteiger partial charge >= 0.3 is 0 Å². The van der Waals surface area contributed by atoms with E-state index in [2.05, 4.69) is 5.10 Å². The van der Waals surface area contributed by atoms with Gasteiger partial charge in [0.25, 0.3) is 5.96 Å². The highest BCUT2D eigenvalue weighted by molar-refractivity contribution is 5.85. The van der Waals surface area contributed by atoms with Gasteiger partial charge in [-0.2, -0.15) is 0 Å². The van der Waals surface area contributed by atoms with Crippen LogP contribution in [-0.4, -0.2) is 41.3 Å². The van der Waals surface area contributed by atoms with Gasteiger partial charge in [0.05, 0.1) is 0 Å². The van der Waals surface area contributed by atoms with E-state index in [0.717, 1.165) is 12.8 Å².